The average molecular weight is 269 g/mol. The van der Waals surface area contributed by atoms with E-state index in [4.69, 9.17) is 10.5 Å². The highest BCUT2D eigenvalue weighted by molar-refractivity contribution is 5.91. The molecule has 0 aromatic heterocycles. The Kier molecular flexibility index (Phi) is 6.24. The average Bonchev–Trinajstić information content (AvgIpc) is 2.38. The normalized spacial score (nSPS) is 10.7. The molecule has 106 valence electrons. The fraction of sp³-hybridized carbons (Fsp3) is 0.462. The fourth-order valence-corrected chi connectivity index (χ4v) is 1.50. The van der Waals surface area contributed by atoms with Crippen molar-refractivity contribution in [3.05, 3.63) is 24.0 Å². The van der Waals surface area contributed by atoms with Crippen molar-refractivity contribution in [1.82, 2.24) is 4.90 Å². The maximum atomic E-state index is 13.4. The fourth-order valence-electron chi connectivity index (χ4n) is 1.50. The second-order valence-electron chi connectivity index (χ2n) is 4.33. The zero-order valence-corrected chi connectivity index (χ0v) is 11.3. The Balaban J connectivity index is 2.40. The van der Waals surface area contributed by atoms with Gasteiger partial charge in [-0.2, -0.15) is 0 Å². The predicted octanol–water partition coefficient (Wildman–Crippen LogP) is 1.31. The number of hydrogen-bond donors (Lipinski definition) is 2. The summed E-state index contributed by atoms with van der Waals surface area (Å²) in [6, 6.07) is 4.08. The van der Waals surface area contributed by atoms with E-state index < -0.39 is 5.82 Å². The molecule has 0 heterocycles. The number of benzene rings is 1. The van der Waals surface area contributed by atoms with Crippen LogP contribution in [-0.2, 0) is 9.53 Å². The van der Waals surface area contributed by atoms with Gasteiger partial charge in [-0.05, 0) is 25.2 Å². The largest absolute Gasteiger partial charge is 0.399 e. The van der Waals surface area contributed by atoms with Gasteiger partial charge in [-0.3, -0.25) is 4.79 Å². The number of nitrogens with two attached hydrogens (primary N) is 1. The Hall–Kier alpha value is -1.66. The number of halogens is 1. The molecule has 0 aliphatic rings. The number of nitrogen functional groups attached to an aromatic ring is 1. The van der Waals surface area contributed by atoms with Crippen molar-refractivity contribution in [2.75, 3.05) is 44.9 Å². The van der Waals surface area contributed by atoms with Gasteiger partial charge in [-0.15, -0.1) is 0 Å². The Morgan fingerprint density at radius 3 is 2.89 bits per heavy atom. The van der Waals surface area contributed by atoms with Gasteiger partial charge in [0.15, 0.2) is 0 Å². The van der Waals surface area contributed by atoms with E-state index in [1.807, 2.05) is 11.9 Å². The SMILES string of the molecule is COCCN(C)CCC(=O)Nc1cc(N)ccc1F. The molecule has 0 unspecified atom stereocenters. The van der Waals surface area contributed by atoms with Crippen LogP contribution in [0.4, 0.5) is 15.8 Å². The van der Waals surface area contributed by atoms with Crippen LogP contribution in [0.25, 0.3) is 0 Å². The lowest BCUT2D eigenvalue weighted by molar-refractivity contribution is -0.116. The molecule has 0 saturated heterocycles. The van der Waals surface area contributed by atoms with Crippen LogP contribution in [0.2, 0.25) is 0 Å². The molecule has 0 aliphatic carbocycles. The molecule has 0 bridgehead atoms. The van der Waals surface area contributed by atoms with Crippen LogP contribution < -0.4 is 11.1 Å². The maximum Gasteiger partial charge on any atom is 0.225 e. The van der Waals surface area contributed by atoms with Gasteiger partial charge < -0.3 is 20.7 Å². The number of likely N-dealkylation sites (N-methyl/N-ethyl adjacent to an activating group) is 1. The minimum atomic E-state index is -0.490. The zero-order chi connectivity index (χ0) is 14.3. The van der Waals surface area contributed by atoms with Gasteiger partial charge in [0.25, 0.3) is 0 Å². The highest BCUT2D eigenvalue weighted by atomic mass is 19.1. The number of ether oxygens (including phenoxy) is 1. The number of hydrogen-bond acceptors (Lipinski definition) is 4. The van der Waals surface area contributed by atoms with Gasteiger partial charge >= 0.3 is 0 Å². The number of carbonyl (C=O) groups is 1. The standard InChI is InChI=1S/C13H20FN3O2/c1-17(7-8-19-2)6-5-13(18)16-12-9-10(15)3-4-11(12)14/h3-4,9H,5-8,15H2,1-2H3,(H,16,18). The summed E-state index contributed by atoms with van der Waals surface area (Å²) in [5.74, 6) is -0.732. The van der Waals surface area contributed by atoms with E-state index in [1.165, 1.54) is 18.2 Å². The van der Waals surface area contributed by atoms with Crippen LogP contribution in [0.5, 0.6) is 0 Å². The van der Waals surface area contributed by atoms with E-state index in [-0.39, 0.29) is 18.0 Å². The van der Waals surface area contributed by atoms with Gasteiger partial charge in [0, 0.05) is 32.3 Å². The first kappa shape index (κ1) is 15.4. The summed E-state index contributed by atoms with van der Waals surface area (Å²) in [5.41, 5.74) is 6.07. The van der Waals surface area contributed by atoms with Gasteiger partial charge in [0.05, 0.1) is 12.3 Å². The lowest BCUT2D eigenvalue weighted by Crippen LogP contribution is -2.27. The number of nitrogens with zero attached hydrogens (tertiary/aromatic N) is 1. The number of anilines is 2. The van der Waals surface area contributed by atoms with Gasteiger partial charge in [-0.25, -0.2) is 4.39 Å². The van der Waals surface area contributed by atoms with Crippen molar-refractivity contribution in [2.24, 2.45) is 0 Å². The maximum absolute atomic E-state index is 13.4. The van der Waals surface area contributed by atoms with E-state index in [0.29, 0.717) is 18.8 Å². The van der Waals surface area contributed by atoms with Crippen LogP contribution in [0.1, 0.15) is 6.42 Å². The molecule has 5 nitrogen and oxygen atoms in total. The van der Waals surface area contributed by atoms with Crippen molar-refractivity contribution in [1.29, 1.82) is 0 Å². The minimum Gasteiger partial charge on any atom is -0.399 e. The van der Waals surface area contributed by atoms with Gasteiger partial charge in [0.1, 0.15) is 5.82 Å². The molecule has 19 heavy (non-hydrogen) atoms. The predicted molar refractivity (Wildman–Crippen MR) is 73.4 cm³/mol. The molecule has 6 heteroatoms. The first-order chi connectivity index (χ1) is 9.02. The van der Waals surface area contributed by atoms with Crippen molar-refractivity contribution in [3.63, 3.8) is 0 Å². The highest BCUT2D eigenvalue weighted by Gasteiger charge is 2.08. The smallest absolute Gasteiger partial charge is 0.225 e. The molecule has 0 saturated carbocycles. The van der Waals surface area contributed by atoms with Crippen molar-refractivity contribution < 1.29 is 13.9 Å². The molecule has 1 aromatic carbocycles. The molecule has 0 atom stereocenters. The number of amides is 1. The van der Waals surface area contributed by atoms with E-state index in [1.54, 1.807) is 7.11 Å². The van der Waals surface area contributed by atoms with E-state index in [9.17, 15) is 9.18 Å². The van der Waals surface area contributed by atoms with Crippen LogP contribution in [-0.4, -0.2) is 44.7 Å². The lowest BCUT2D eigenvalue weighted by atomic mass is 10.2. The third kappa shape index (κ3) is 5.67. The van der Waals surface area contributed by atoms with Crippen LogP contribution in [0.3, 0.4) is 0 Å². The van der Waals surface area contributed by atoms with Crippen LogP contribution in [0, 0.1) is 5.82 Å². The van der Waals surface area contributed by atoms with Crippen LogP contribution in [0.15, 0.2) is 18.2 Å². The molecule has 3 N–H and O–H groups in total. The molecular weight excluding hydrogens is 249 g/mol. The molecule has 0 radical (unpaired) electrons. The molecule has 1 aromatic rings. The first-order valence-corrected chi connectivity index (χ1v) is 6.05. The first-order valence-electron chi connectivity index (χ1n) is 6.05. The summed E-state index contributed by atoms with van der Waals surface area (Å²) in [6.07, 6.45) is 0.286. The Morgan fingerprint density at radius 2 is 2.21 bits per heavy atom. The monoisotopic (exact) mass is 269 g/mol. The number of nitrogens with one attached hydrogen (secondary N) is 1. The van der Waals surface area contributed by atoms with Gasteiger partial charge in [0.2, 0.25) is 5.91 Å². The molecule has 0 spiro atoms. The summed E-state index contributed by atoms with van der Waals surface area (Å²) in [4.78, 5) is 13.6. The van der Waals surface area contributed by atoms with E-state index in [0.717, 1.165) is 6.54 Å². The second kappa shape index (κ2) is 7.70. The number of methoxy groups -OCH3 is 1. The van der Waals surface area contributed by atoms with Crippen molar-refractivity contribution >= 4 is 17.3 Å². The summed E-state index contributed by atoms with van der Waals surface area (Å²) in [6.45, 7) is 1.94. The molecule has 1 rings (SSSR count). The summed E-state index contributed by atoms with van der Waals surface area (Å²) >= 11 is 0. The van der Waals surface area contributed by atoms with E-state index >= 15 is 0 Å². The number of carbonyl (C=O) groups excluding carboxylic acids is 1. The molecular formula is C13H20FN3O2. The summed E-state index contributed by atoms with van der Waals surface area (Å²) < 4.78 is 18.3. The van der Waals surface area contributed by atoms with Gasteiger partial charge in [-0.1, -0.05) is 0 Å². The molecule has 0 fully saturated rings. The second-order valence-corrected chi connectivity index (χ2v) is 4.33. The topological polar surface area (TPSA) is 67.6 Å². The lowest BCUT2D eigenvalue weighted by Gasteiger charge is -2.15. The quantitative estimate of drug-likeness (QED) is 0.732. The number of rotatable bonds is 7. The van der Waals surface area contributed by atoms with Crippen LogP contribution >= 0.6 is 0 Å². The van der Waals surface area contributed by atoms with Crippen molar-refractivity contribution in [2.45, 2.75) is 6.42 Å². The third-order valence-corrected chi connectivity index (χ3v) is 2.66. The van der Waals surface area contributed by atoms with Crippen molar-refractivity contribution in [3.8, 4) is 0 Å². The Morgan fingerprint density at radius 1 is 1.47 bits per heavy atom. The molecule has 0 aliphatic heterocycles. The Labute approximate surface area is 112 Å². The van der Waals surface area contributed by atoms with E-state index in [2.05, 4.69) is 5.32 Å². The Bertz CT molecular complexity index is 426. The third-order valence-electron chi connectivity index (χ3n) is 2.66. The minimum absolute atomic E-state index is 0.115. The summed E-state index contributed by atoms with van der Waals surface area (Å²) in [5, 5.41) is 2.51. The highest BCUT2D eigenvalue weighted by Crippen LogP contribution is 2.17. The summed E-state index contributed by atoms with van der Waals surface area (Å²) in [7, 11) is 3.52. The molecule has 1 amide bonds. The zero-order valence-electron chi connectivity index (χ0n) is 11.3.